The first-order chi connectivity index (χ1) is 6.46. The van der Waals surface area contributed by atoms with Gasteiger partial charge in [0.15, 0.2) is 12.5 Å². The molecule has 0 aromatic heterocycles. The molecule has 1 rings (SSSR count). The molecule has 0 aliphatic heterocycles. The highest BCUT2D eigenvalue weighted by molar-refractivity contribution is 5.98. The molecule has 0 spiro atoms. The van der Waals surface area contributed by atoms with Crippen LogP contribution in [0, 0.1) is 0 Å². The quantitative estimate of drug-likeness (QED) is 0.618. The molecule has 0 aliphatic carbocycles. The van der Waals surface area contributed by atoms with Crippen LogP contribution in [0.15, 0.2) is 24.3 Å². The summed E-state index contributed by atoms with van der Waals surface area (Å²) in [5.41, 5.74) is -1.72. The Hall–Kier alpha value is -1.43. The SMILES string of the molecule is N.O=C(CF)c1ccccc1C(F)(F)F. The minimum absolute atomic E-state index is 0. The number of hydrogen-bond donors (Lipinski definition) is 1. The summed E-state index contributed by atoms with van der Waals surface area (Å²) in [4.78, 5) is 10.8. The molecule has 2 nitrogen and oxygen atoms in total. The zero-order chi connectivity index (χ0) is 10.8. The lowest BCUT2D eigenvalue weighted by atomic mass is 10.0. The van der Waals surface area contributed by atoms with E-state index in [-0.39, 0.29) is 6.15 Å². The van der Waals surface area contributed by atoms with Crippen molar-refractivity contribution < 1.29 is 22.4 Å². The summed E-state index contributed by atoms with van der Waals surface area (Å²) in [5, 5.41) is 0. The molecule has 0 saturated heterocycles. The number of Topliss-reactive ketones (excluding diaryl/α,β-unsaturated/α-hetero) is 1. The summed E-state index contributed by atoms with van der Waals surface area (Å²) in [6.07, 6.45) is -4.62. The Morgan fingerprint density at radius 2 is 1.73 bits per heavy atom. The summed E-state index contributed by atoms with van der Waals surface area (Å²) < 4.78 is 48.7. The standard InChI is InChI=1S/C9H6F4O.H3N/c10-5-8(14)6-3-1-2-4-7(6)9(11,12)13;/h1-4H,5H2;1H3. The molecule has 1 aromatic carbocycles. The van der Waals surface area contributed by atoms with Crippen LogP contribution in [-0.2, 0) is 6.18 Å². The normalized spacial score (nSPS) is 10.7. The number of hydrogen-bond acceptors (Lipinski definition) is 2. The van der Waals surface area contributed by atoms with E-state index in [1.807, 2.05) is 0 Å². The van der Waals surface area contributed by atoms with Crippen LogP contribution >= 0.6 is 0 Å². The van der Waals surface area contributed by atoms with Gasteiger partial charge < -0.3 is 6.15 Å². The van der Waals surface area contributed by atoms with E-state index in [1.165, 1.54) is 6.07 Å². The monoisotopic (exact) mass is 223 g/mol. The van der Waals surface area contributed by atoms with Crippen LogP contribution in [0.25, 0.3) is 0 Å². The van der Waals surface area contributed by atoms with E-state index >= 15 is 0 Å². The van der Waals surface area contributed by atoms with Gasteiger partial charge in [-0.3, -0.25) is 4.79 Å². The Morgan fingerprint density at radius 1 is 1.20 bits per heavy atom. The van der Waals surface area contributed by atoms with E-state index in [4.69, 9.17) is 0 Å². The second-order valence-corrected chi connectivity index (χ2v) is 2.60. The van der Waals surface area contributed by atoms with Crippen molar-refractivity contribution in [1.29, 1.82) is 0 Å². The average molecular weight is 223 g/mol. The third-order valence-corrected chi connectivity index (χ3v) is 1.65. The van der Waals surface area contributed by atoms with Gasteiger partial charge in [-0.1, -0.05) is 18.2 Å². The van der Waals surface area contributed by atoms with Gasteiger partial charge in [0.05, 0.1) is 5.56 Å². The van der Waals surface area contributed by atoms with E-state index in [9.17, 15) is 22.4 Å². The van der Waals surface area contributed by atoms with Gasteiger partial charge in [-0.15, -0.1) is 0 Å². The lowest BCUT2D eigenvalue weighted by Crippen LogP contribution is -2.13. The van der Waals surface area contributed by atoms with E-state index in [1.54, 1.807) is 0 Å². The van der Waals surface area contributed by atoms with E-state index in [0.29, 0.717) is 0 Å². The van der Waals surface area contributed by atoms with E-state index in [0.717, 1.165) is 18.2 Å². The molecule has 0 amide bonds. The Balaban J connectivity index is 0.00000196. The fourth-order valence-corrected chi connectivity index (χ4v) is 1.05. The van der Waals surface area contributed by atoms with Crippen molar-refractivity contribution in [3.63, 3.8) is 0 Å². The largest absolute Gasteiger partial charge is 0.417 e. The first kappa shape index (κ1) is 13.6. The predicted octanol–water partition coefficient (Wildman–Crippen LogP) is 3.02. The van der Waals surface area contributed by atoms with Crippen LogP contribution in [0.2, 0.25) is 0 Å². The Morgan fingerprint density at radius 3 is 2.20 bits per heavy atom. The van der Waals surface area contributed by atoms with Gasteiger partial charge in [0, 0.05) is 5.56 Å². The van der Waals surface area contributed by atoms with Crippen molar-refractivity contribution in [2.75, 3.05) is 6.67 Å². The third kappa shape index (κ3) is 3.02. The van der Waals surface area contributed by atoms with Crippen LogP contribution in [0.4, 0.5) is 17.6 Å². The molecule has 0 aliphatic rings. The number of benzene rings is 1. The summed E-state index contributed by atoms with van der Waals surface area (Å²) in [6.45, 7) is -1.42. The zero-order valence-electron chi connectivity index (χ0n) is 7.64. The van der Waals surface area contributed by atoms with Crippen LogP contribution in [0.3, 0.4) is 0 Å². The molecule has 0 bridgehead atoms. The predicted molar refractivity (Wildman–Crippen MR) is 46.8 cm³/mol. The Labute approximate surface area is 83.5 Å². The van der Waals surface area contributed by atoms with Crippen LogP contribution in [-0.4, -0.2) is 12.5 Å². The molecule has 6 heteroatoms. The number of carbonyl (C=O) groups is 1. The van der Waals surface area contributed by atoms with Gasteiger partial charge in [-0.05, 0) is 6.07 Å². The van der Waals surface area contributed by atoms with Crippen molar-refractivity contribution in [2.45, 2.75) is 6.18 Å². The number of rotatable bonds is 2. The van der Waals surface area contributed by atoms with Crippen molar-refractivity contribution in [1.82, 2.24) is 6.15 Å². The first-order valence-electron chi connectivity index (χ1n) is 3.72. The highest BCUT2D eigenvalue weighted by Crippen LogP contribution is 2.31. The minimum Gasteiger partial charge on any atom is -0.344 e. The molecule has 0 fully saturated rings. The molecular formula is C9H9F4NO. The molecule has 0 unspecified atom stereocenters. The van der Waals surface area contributed by atoms with Crippen LogP contribution < -0.4 is 6.15 Å². The number of alkyl halides is 4. The Kier molecular flexibility index (Phi) is 4.41. The molecule has 15 heavy (non-hydrogen) atoms. The van der Waals surface area contributed by atoms with Crippen LogP contribution in [0.5, 0.6) is 0 Å². The molecular weight excluding hydrogens is 214 g/mol. The van der Waals surface area contributed by atoms with Crippen LogP contribution in [0.1, 0.15) is 15.9 Å². The first-order valence-corrected chi connectivity index (χ1v) is 3.72. The summed E-state index contributed by atoms with van der Waals surface area (Å²) >= 11 is 0. The minimum atomic E-state index is -4.62. The molecule has 0 atom stereocenters. The summed E-state index contributed by atoms with van der Waals surface area (Å²) in [6, 6.07) is 4.13. The van der Waals surface area contributed by atoms with Gasteiger partial charge in [0.1, 0.15) is 0 Å². The molecule has 0 saturated carbocycles. The maximum absolute atomic E-state index is 12.3. The summed E-state index contributed by atoms with van der Waals surface area (Å²) in [7, 11) is 0. The van der Waals surface area contributed by atoms with Gasteiger partial charge >= 0.3 is 6.18 Å². The lowest BCUT2D eigenvalue weighted by molar-refractivity contribution is -0.137. The number of carbonyl (C=O) groups excluding carboxylic acids is 1. The lowest BCUT2D eigenvalue weighted by Gasteiger charge is -2.10. The number of ketones is 1. The van der Waals surface area contributed by atoms with E-state index < -0.39 is 29.8 Å². The van der Waals surface area contributed by atoms with Crippen molar-refractivity contribution in [2.24, 2.45) is 0 Å². The molecule has 0 radical (unpaired) electrons. The number of halogens is 4. The second-order valence-electron chi connectivity index (χ2n) is 2.60. The second kappa shape index (κ2) is 4.88. The summed E-state index contributed by atoms with van der Waals surface area (Å²) in [5.74, 6) is -1.15. The topological polar surface area (TPSA) is 52.1 Å². The molecule has 1 aromatic rings. The van der Waals surface area contributed by atoms with Crippen molar-refractivity contribution in [3.05, 3.63) is 35.4 Å². The third-order valence-electron chi connectivity index (χ3n) is 1.65. The molecule has 3 N–H and O–H groups in total. The van der Waals surface area contributed by atoms with Gasteiger partial charge in [0.25, 0.3) is 0 Å². The maximum atomic E-state index is 12.3. The fourth-order valence-electron chi connectivity index (χ4n) is 1.05. The van der Waals surface area contributed by atoms with Crippen molar-refractivity contribution >= 4 is 5.78 Å². The zero-order valence-corrected chi connectivity index (χ0v) is 7.64. The van der Waals surface area contributed by atoms with E-state index in [2.05, 4.69) is 0 Å². The smallest absolute Gasteiger partial charge is 0.344 e. The fraction of sp³-hybridized carbons (Fsp3) is 0.222. The highest BCUT2D eigenvalue weighted by atomic mass is 19.4. The highest BCUT2D eigenvalue weighted by Gasteiger charge is 2.34. The Bertz CT molecular complexity index is 348. The average Bonchev–Trinajstić information content (AvgIpc) is 2.15. The van der Waals surface area contributed by atoms with Gasteiger partial charge in [-0.2, -0.15) is 13.2 Å². The molecule has 0 heterocycles. The maximum Gasteiger partial charge on any atom is 0.417 e. The van der Waals surface area contributed by atoms with Gasteiger partial charge in [0.2, 0.25) is 0 Å². The molecule has 84 valence electrons. The van der Waals surface area contributed by atoms with Gasteiger partial charge in [-0.25, -0.2) is 4.39 Å². The van der Waals surface area contributed by atoms with Crippen molar-refractivity contribution in [3.8, 4) is 0 Å².